The fourth-order valence-corrected chi connectivity index (χ4v) is 1.06. The van der Waals surface area contributed by atoms with Crippen LogP contribution in [0.5, 0.6) is 0 Å². The SMILES string of the molecule is C1CCCCC1.O=S(=O)([O-])[O-].[Pt+2]. The van der Waals surface area contributed by atoms with Gasteiger partial charge in [0.1, 0.15) is 0 Å². The van der Waals surface area contributed by atoms with Crippen molar-refractivity contribution in [2.45, 2.75) is 38.5 Å². The molecule has 0 heterocycles. The first kappa shape index (κ1) is 15.0. The van der Waals surface area contributed by atoms with Crippen molar-refractivity contribution >= 4 is 10.4 Å². The Morgan fingerprint density at radius 3 is 0.917 bits per heavy atom. The van der Waals surface area contributed by atoms with E-state index < -0.39 is 10.4 Å². The van der Waals surface area contributed by atoms with Gasteiger partial charge in [-0.3, -0.25) is 8.42 Å². The molecule has 12 heavy (non-hydrogen) atoms. The minimum atomic E-state index is -5.17. The fourth-order valence-electron chi connectivity index (χ4n) is 1.06. The second kappa shape index (κ2) is 8.17. The van der Waals surface area contributed by atoms with Crippen LogP contribution in [-0.2, 0) is 31.5 Å². The maximum absolute atomic E-state index is 8.52. The van der Waals surface area contributed by atoms with Crippen LogP contribution in [0.25, 0.3) is 0 Å². The number of rotatable bonds is 0. The maximum atomic E-state index is 8.52. The molecule has 1 saturated carbocycles. The second-order valence-corrected chi connectivity index (χ2v) is 3.35. The Morgan fingerprint density at radius 2 is 0.833 bits per heavy atom. The molecule has 0 aromatic heterocycles. The molecule has 0 aromatic carbocycles. The van der Waals surface area contributed by atoms with Crippen molar-refractivity contribution in [3.05, 3.63) is 0 Å². The Balaban J connectivity index is 0. The molecule has 6 heteroatoms. The predicted octanol–water partition coefficient (Wildman–Crippen LogP) is 1.00. The van der Waals surface area contributed by atoms with Crippen LogP contribution in [0, 0.1) is 0 Å². The molecule has 1 fully saturated rings. The van der Waals surface area contributed by atoms with Crippen LogP contribution >= 0.6 is 0 Å². The van der Waals surface area contributed by atoms with Gasteiger partial charge in [-0.1, -0.05) is 38.5 Å². The van der Waals surface area contributed by atoms with Gasteiger partial charge in [-0.05, 0) is 0 Å². The van der Waals surface area contributed by atoms with Crippen molar-refractivity contribution in [3.63, 3.8) is 0 Å². The van der Waals surface area contributed by atoms with Gasteiger partial charge in [0, 0.05) is 10.4 Å². The largest absolute Gasteiger partial charge is 2.00 e. The summed E-state index contributed by atoms with van der Waals surface area (Å²) in [7, 11) is -5.17. The zero-order valence-electron chi connectivity index (χ0n) is 6.60. The Kier molecular flexibility index (Phi) is 10.2. The summed E-state index contributed by atoms with van der Waals surface area (Å²) in [4.78, 5) is 0. The van der Waals surface area contributed by atoms with Crippen molar-refractivity contribution in [3.8, 4) is 0 Å². The minimum absolute atomic E-state index is 0. The van der Waals surface area contributed by atoms with E-state index in [0.29, 0.717) is 0 Å². The van der Waals surface area contributed by atoms with Crippen molar-refractivity contribution in [2.24, 2.45) is 0 Å². The van der Waals surface area contributed by atoms with Crippen LogP contribution in [-0.4, -0.2) is 17.5 Å². The summed E-state index contributed by atoms with van der Waals surface area (Å²) in [5.41, 5.74) is 0. The third-order valence-corrected chi connectivity index (χ3v) is 1.50. The Bertz CT molecular complexity index is 154. The van der Waals surface area contributed by atoms with E-state index in [1.54, 1.807) is 0 Å². The summed E-state index contributed by atoms with van der Waals surface area (Å²) >= 11 is 0. The van der Waals surface area contributed by atoms with E-state index in [4.69, 9.17) is 17.5 Å². The molecule has 0 amide bonds. The topological polar surface area (TPSA) is 80.3 Å². The van der Waals surface area contributed by atoms with Crippen LogP contribution in [0.2, 0.25) is 0 Å². The second-order valence-electron chi connectivity index (χ2n) is 2.53. The first-order valence-corrected chi connectivity index (χ1v) is 5.00. The summed E-state index contributed by atoms with van der Waals surface area (Å²) in [6.07, 6.45) is 9.00. The summed E-state index contributed by atoms with van der Waals surface area (Å²) in [5.74, 6) is 0. The average Bonchev–Trinajstić information content (AvgIpc) is 1.88. The van der Waals surface area contributed by atoms with Crippen LogP contribution in [0.1, 0.15) is 38.5 Å². The molecule has 1 aliphatic carbocycles. The predicted molar refractivity (Wildman–Crippen MR) is 38.2 cm³/mol. The summed E-state index contributed by atoms with van der Waals surface area (Å²) in [6, 6.07) is 0. The molecular formula is C6H12O4PtS. The molecule has 4 nitrogen and oxygen atoms in total. The molecule has 0 N–H and O–H groups in total. The molecule has 76 valence electrons. The molecule has 0 atom stereocenters. The van der Waals surface area contributed by atoms with Crippen LogP contribution in [0.15, 0.2) is 0 Å². The normalized spacial score (nSPS) is 16.8. The molecule has 0 bridgehead atoms. The van der Waals surface area contributed by atoms with Crippen molar-refractivity contribution in [1.82, 2.24) is 0 Å². The van der Waals surface area contributed by atoms with Crippen molar-refractivity contribution in [2.75, 3.05) is 0 Å². The van der Waals surface area contributed by atoms with Gasteiger partial charge < -0.3 is 9.11 Å². The van der Waals surface area contributed by atoms with E-state index in [1.165, 1.54) is 38.5 Å². The van der Waals surface area contributed by atoms with Crippen LogP contribution < -0.4 is 0 Å². The van der Waals surface area contributed by atoms with Crippen LogP contribution in [0.4, 0.5) is 0 Å². The zero-order chi connectivity index (χ0) is 8.74. The minimum Gasteiger partial charge on any atom is -0.759 e. The van der Waals surface area contributed by atoms with E-state index in [2.05, 4.69) is 0 Å². The standard InChI is InChI=1S/C6H12.H2O4S.Pt/c1-2-4-6-5-3-1;1-5(2,3)4;/h1-6H2;(H2,1,2,3,4);/q;;+2/p-2. The molecule has 0 aromatic rings. The summed E-state index contributed by atoms with van der Waals surface area (Å²) < 4.78 is 34.1. The van der Waals surface area contributed by atoms with Gasteiger partial charge in [0.05, 0.1) is 0 Å². The van der Waals surface area contributed by atoms with Gasteiger partial charge in [0.25, 0.3) is 0 Å². The zero-order valence-corrected chi connectivity index (χ0v) is 9.69. The van der Waals surface area contributed by atoms with E-state index >= 15 is 0 Å². The summed E-state index contributed by atoms with van der Waals surface area (Å²) in [6.45, 7) is 0. The third-order valence-electron chi connectivity index (χ3n) is 1.50. The summed E-state index contributed by atoms with van der Waals surface area (Å²) in [5, 5.41) is 0. The Morgan fingerprint density at radius 1 is 0.750 bits per heavy atom. The van der Waals surface area contributed by atoms with E-state index in [9.17, 15) is 0 Å². The third kappa shape index (κ3) is 22.4. The molecular weight excluding hydrogens is 363 g/mol. The number of hydrogen-bond donors (Lipinski definition) is 0. The van der Waals surface area contributed by atoms with Crippen LogP contribution in [0.3, 0.4) is 0 Å². The first-order valence-electron chi connectivity index (χ1n) is 3.67. The van der Waals surface area contributed by atoms with Gasteiger partial charge in [0.2, 0.25) is 0 Å². The van der Waals surface area contributed by atoms with Gasteiger partial charge in [-0.25, -0.2) is 0 Å². The van der Waals surface area contributed by atoms with Gasteiger partial charge in [-0.2, -0.15) is 0 Å². The molecule has 1 aliphatic rings. The molecule has 0 spiro atoms. The molecule has 0 saturated heterocycles. The molecule has 0 radical (unpaired) electrons. The van der Waals surface area contributed by atoms with Gasteiger partial charge in [0.15, 0.2) is 0 Å². The molecule has 0 aliphatic heterocycles. The van der Waals surface area contributed by atoms with Gasteiger partial charge >= 0.3 is 21.1 Å². The molecule has 0 unspecified atom stereocenters. The Labute approximate surface area is 87.6 Å². The smallest absolute Gasteiger partial charge is 0.759 e. The monoisotopic (exact) mass is 375 g/mol. The average molecular weight is 375 g/mol. The Hall–Kier alpha value is 0.558. The first-order chi connectivity index (χ1) is 5.00. The quantitative estimate of drug-likeness (QED) is 0.467. The van der Waals surface area contributed by atoms with E-state index in [0.717, 1.165) is 0 Å². The van der Waals surface area contributed by atoms with E-state index in [-0.39, 0.29) is 21.1 Å². The maximum Gasteiger partial charge on any atom is 2.00 e. The fraction of sp³-hybridized carbons (Fsp3) is 1.00. The molecule has 1 rings (SSSR count). The number of hydrogen-bond acceptors (Lipinski definition) is 4. The van der Waals surface area contributed by atoms with E-state index in [1.807, 2.05) is 0 Å². The van der Waals surface area contributed by atoms with Crippen molar-refractivity contribution in [1.29, 1.82) is 0 Å². The van der Waals surface area contributed by atoms with Crippen molar-refractivity contribution < 1.29 is 38.6 Å². The van der Waals surface area contributed by atoms with Gasteiger partial charge in [-0.15, -0.1) is 0 Å².